The Kier molecular flexibility index (Phi) is 6.44. The van der Waals surface area contributed by atoms with E-state index in [2.05, 4.69) is 4.98 Å². The van der Waals surface area contributed by atoms with Crippen LogP contribution in [0.25, 0.3) is 5.76 Å². The van der Waals surface area contributed by atoms with Gasteiger partial charge < -0.3 is 24.0 Å². The quantitative estimate of drug-likeness (QED) is 0.323. The van der Waals surface area contributed by atoms with Gasteiger partial charge in [-0.25, -0.2) is 4.98 Å². The van der Waals surface area contributed by atoms with Crippen LogP contribution in [0.15, 0.2) is 72.8 Å². The Bertz CT molecular complexity index is 1170. The highest BCUT2D eigenvalue weighted by molar-refractivity contribution is 6.46. The molecule has 1 fully saturated rings. The summed E-state index contributed by atoms with van der Waals surface area (Å²) in [4.78, 5) is 31.7. The number of rotatable bonds is 8. The van der Waals surface area contributed by atoms with Crippen LogP contribution in [0.2, 0.25) is 0 Å². The lowest BCUT2D eigenvalue weighted by atomic mass is 9.95. The van der Waals surface area contributed by atoms with E-state index in [9.17, 15) is 14.7 Å². The molecule has 0 saturated carbocycles. The van der Waals surface area contributed by atoms with Crippen molar-refractivity contribution < 1.29 is 24.2 Å². The third-order valence-electron chi connectivity index (χ3n) is 5.69. The van der Waals surface area contributed by atoms with Crippen LogP contribution < -0.4 is 9.47 Å². The molecule has 0 spiro atoms. The molecule has 1 N–H and O–H groups in total. The number of aliphatic hydroxyl groups excluding tert-OH is 1. The number of carbonyl (C=O) groups excluding carboxylic acids is 2. The minimum absolute atomic E-state index is 0.0565. The van der Waals surface area contributed by atoms with Gasteiger partial charge in [0.05, 0.1) is 32.2 Å². The van der Waals surface area contributed by atoms with E-state index in [0.717, 1.165) is 0 Å². The largest absolute Gasteiger partial charge is 0.507 e. The Hall–Kier alpha value is -4.07. The average Bonchev–Trinajstić information content (AvgIpc) is 3.46. The van der Waals surface area contributed by atoms with Gasteiger partial charge in [0.15, 0.2) is 11.5 Å². The number of carbonyl (C=O) groups is 2. The molecule has 0 aliphatic carbocycles. The summed E-state index contributed by atoms with van der Waals surface area (Å²) in [6.07, 6.45) is 5.85. The third kappa shape index (κ3) is 4.32. The predicted octanol–water partition coefficient (Wildman–Crippen LogP) is 3.41. The number of Topliss-reactive ketones (excluding diaryl/α,β-unsaturated/α-hetero) is 1. The number of amides is 1. The number of aryl methyl sites for hydroxylation is 1. The highest BCUT2D eigenvalue weighted by atomic mass is 16.5. The van der Waals surface area contributed by atoms with Crippen molar-refractivity contribution in [3.05, 3.63) is 84.0 Å². The van der Waals surface area contributed by atoms with Gasteiger partial charge in [-0.3, -0.25) is 9.59 Å². The lowest BCUT2D eigenvalue weighted by Gasteiger charge is -2.26. The second-order valence-corrected chi connectivity index (χ2v) is 7.63. The maximum absolute atomic E-state index is 13.1. The van der Waals surface area contributed by atoms with Crippen LogP contribution in [0.1, 0.15) is 23.6 Å². The van der Waals surface area contributed by atoms with E-state index in [0.29, 0.717) is 42.1 Å². The first kappa shape index (κ1) is 22.1. The fourth-order valence-electron chi connectivity index (χ4n) is 4.07. The predicted molar refractivity (Wildman–Crippen MR) is 122 cm³/mol. The Morgan fingerprint density at radius 1 is 1.03 bits per heavy atom. The van der Waals surface area contributed by atoms with Gasteiger partial charge in [-0.05, 0) is 24.1 Å². The molecule has 1 aliphatic heterocycles. The molecule has 1 saturated heterocycles. The molecule has 2 aromatic carbocycles. The molecule has 1 aromatic heterocycles. The molecular formula is C25H25N3O5. The molecule has 0 radical (unpaired) electrons. The van der Waals surface area contributed by atoms with Gasteiger partial charge in [-0.2, -0.15) is 0 Å². The second kappa shape index (κ2) is 9.60. The van der Waals surface area contributed by atoms with Gasteiger partial charge in [-0.1, -0.05) is 36.4 Å². The second-order valence-electron chi connectivity index (χ2n) is 7.63. The molecule has 4 rings (SSSR count). The Morgan fingerprint density at radius 3 is 2.45 bits per heavy atom. The molecule has 8 heteroatoms. The number of benzene rings is 2. The molecule has 3 aromatic rings. The maximum Gasteiger partial charge on any atom is 0.295 e. The summed E-state index contributed by atoms with van der Waals surface area (Å²) in [5.41, 5.74) is 1.17. The topological polar surface area (TPSA) is 93.9 Å². The Balaban J connectivity index is 1.76. The number of likely N-dealkylation sites (tertiary alicyclic amines) is 1. The maximum atomic E-state index is 13.1. The Labute approximate surface area is 191 Å². The first-order valence-corrected chi connectivity index (χ1v) is 10.6. The number of nitrogens with zero attached hydrogens (tertiary/aromatic N) is 3. The SMILES string of the molecule is COc1ccc([C@@H]2C(=C(O)c3ccccc3)C(=O)C(=O)N2CCCn2ccnc2)cc1OC. The summed E-state index contributed by atoms with van der Waals surface area (Å²) in [5.74, 6) is -0.553. The van der Waals surface area contributed by atoms with Crippen LogP contribution in [-0.4, -0.2) is 52.0 Å². The molecule has 1 aliphatic rings. The molecule has 1 atom stereocenters. The number of hydrogen-bond donors (Lipinski definition) is 1. The van der Waals surface area contributed by atoms with Crippen molar-refractivity contribution in [2.75, 3.05) is 20.8 Å². The van der Waals surface area contributed by atoms with Crippen molar-refractivity contribution in [2.45, 2.75) is 19.0 Å². The van der Waals surface area contributed by atoms with Gasteiger partial charge in [0.2, 0.25) is 0 Å². The molecule has 0 bridgehead atoms. The van der Waals surface area contributed by atoms with Crippen molar-refractivity contribution in [1.82, 2.24) is 14.5 Å². The van der Waals surface area contributed by atoms with Crippen molar-refractivity contribution in [3.63, 3.8) is 0 Å². The Morgan fingerprint density at radius 2 is 1.79 bits per heavy atom. The molecule has 1 amide bonds. The van der Waals surface area contributed by atoms with E-state index >= 15 is 0 Å². The van der Waals surface area contributed by atoms with Gasteiger partial charge in [-0.15, -0.1) is 0 Å². The molecule has 33 heavy (non-hydrogen) atoms. The third-order valence-corrected chi connectivity index (χ3v) is 5.69. The average molecular weight is 447 g/mol. The fraction of sp³-hybridized carbons (Fsp3) is 0.240. The zero-order valence-corrected chi connectivity index (χ0v) is 18.5. The van der Waals surface area contributed by atoms with Gasteiger partial charge >= 0.3 is 0 Å². The number of methoxy groups -OCH3 is 2. The number of ether oxygens (including phenoxy) is 2. The minimum Gasteiger partial charge on any atom is -0.507 e. The van der Waals surface area contributed by atoms with Crippen molar-refractivity contribution in [3.8, 4) is 11.5 Å². The number of aromatic nitrogens is 2. The first-order valence-electron chi connectivity index (χ1n) is 10.6. The lowest BCUT2D eigenvalue weighted by molar-refractivity contribution is -0.139. The smallest absolute Gasteiger partial charge is 0.295 e. The van der Waals surface area contributed by atoms with Crippen LogP contribution in [0.5, 0.6) is 11.5 Å². The van der Waals surface area contributed by atoms with E-state index in [1.165, 1.54) is 19.1 Å². The van der Waals surface area contributed by atoms with Crippen LogP contribution in [-0.2, 0) is 16.1 Å². The standard InChI is InChI=1S/C25H25N3O5/c1-32-19-10-9-18(15-20(19)33-2)22-21(23(29)17-7-4-3-5-8-17)24(30)25(31)28(22)13-6-12-27-14-11-26-16-27/h3-5,7-11,14-16,22,29H,6,12-13H2,1-2H3/t22-/m1/s1. The summed E-state index contributed by atoms with van der Waals surface area (Å²) >= 11 is 0. The monoisotopic (exact) mass is 447 g/mol. The van der Waals surface area contributed by atoms with Crippen molar-refractivity contribution in [1.29, 1.82) is 0 Å². The van der Waals surface area contributed by atoms with Gasteiger partial charge in [0.25, 0.3) is 11.7 Å². The van der Waals surface area contributed by atoms with E-state index in [-0.39, 0.29) is 11.3 Å². The van der Waals surface area contributed by atoms with Crippen LogP contribution in [0.4, 0.5) is 0 Å². The first-order chi connectivity index (χ1) is 16.0. The molecule has 8 nitrogen and oxygen atoms in total. The molecule has 2 heterocycles. The van der Waals surface area contributed by atoms with E-state index in [1.54, 1.807) is 55.0 Å². The summed E-state index contributed by atoms with van der Waals surface area (Å²) in [5, 5.41) is 11.1. The minimum atomic E-state index is -0.757. The van der Waals surface area contributed by atoms with E-state index in [4.69, 9.17) is 9.47 Å². The zero-order valence-electron chi connectivity index (χ0n) is 18.5. The van der Waals surface area contributed by atoms with E-state index < -0.39 is 17.7 Å². The number of aliphatic hydroxyl groups is 1. The number of hydrogen-bond acceptors (Lipinski definition) is 6. The molecule has 0 unspecified atom stereocenters. The number of imidazole rings is 1. The summed E-state index contributed by atoms with van der Waals surface area (Å²) < 4.78 is 12.7. The van der Waals surface area contributed by atoms with E-state index in [1.807, 2.05) is 16.8 Å². The highest BCUT2D eigenvalue weighted by Gasteiger charge is 2.46. The summed E-state index contributed by atoms with van der Waals surface area (Å²) in [7, 11) is 3.06. The number of ketones is 1. The lowest BCUT2D eigenvalue weighted by Crippen LogP contribution is -2.31. The zero-order chi connectivity index (χ0) is 23.4. The van der Waals surface area contributed by atoms with Crippen LogP contribution >= 0.6 is 0 Å². The van der Waals surface area contributed by atoms with Crippen LogP contribution in [0, 0.1) is 0 Å². The van der Waals surface area contributed by atoms with Gasteiger partial charge in [0.1, 0.15) is 5.76 Å². The summed E-state index contributed by atoms with van der Waals surface area (Å²) in [6, 6.07) is 13.2. The highest BCUT2D eigenvalue weighted by Crippen LogP contribution is 2.42. The summed E-state index contributed by atoms with van der Waals surface area (Å²) in [6.45, 7) is 0.966. The normalized spacial score (nSPS) is 17.4. The van der Waals surface area contributed by atoms with Gasteiger partial charge in [0, 0.05) is 31.0 Å². The fourth-order valence-corrected chi connectivity index (χ4v) is 4.07. The van der Waals surface area contributed by atoms with Crippen LogP contribution in [0.3, 0.4) is 0 Å². The molecule has 170 valence electrons. The van der Waals surface area contributed by atoms with Crippen molar-refractivity contribution in [2.24, 2.45) is 0 Å². The van der Waals surface area contributed by atoms with Crippen molar-refractivity contribution >= 4 is 17.4 Å². The molecular weight excluding hydrogens is 422 g/mol.